The van der Waals surface area contributed by atoms with Crippen LogP contribution in [-0.4, -0.2) is 65.4 Å². The predicted octanol–water partition coefficient (Wildman–Crippen LogP) is 3.76. The van der Waals surface area contributed by atoms with Gasteiger partial charge in [-0.05, 0) is 53.9 Å². The minimum atomic E-state index is -4.51. The van der Waals surface area contributed by atoms with Crippen LogP contribution in [0, 0.1) is 11.3 Å². The van der Waals surface area contributed by atoms with Gasteiger partial charge in [0.05, 0.1) is 29.7 Å². The number of nitriles is 1. The number of benzene rings is 2. The molecule has 40 heavy (non-hydrogen) atoms. The number of anilines is 1. The van der Waals surface area contributed by atoms with Crippen LogP contribution in [0.4, 0.5) is 19.0 Å². The smallest absolute Gasteiger partial charge is 0.417 e. The quantitative estimate of drug-likeness (QED) is 0.317. The molecule has 3 N–H and O–H groups in total. The maximum Gasteiger partial charge on any atom is 0.417 e. The van der Waals surface area contributed by atoms with E-state index in [0.29, 0.717) is 34.0 Å². The van der Waals surface area contributed by atoms with Gasteiger partial charge in [-0.25, -0.2) is 13.4 Å². The maximum absolute atomic E-state index is 13.3. The fourth-order valence-electron chi connectivity index (χ4n) is 4.60. The van der Waals surface area contributed by atoms with E-state index in [9.17, 15) is 32.0 Å². The number of piperidine rings is 1. The summed E-state index contributed by atoms with van der Waals surface area (Å²) < 4.78 is 71.5. The van der Waals surface area contributed by atoms with Crippen LogP contribution in [0.25, 0.3) is 22.0 Å². The highest BCUT2D eigenvalue weighted by Gasteiger charge is 2.35. The number of aromatic amines is 1. The second-order valence-electron chi connectivity index (χ2n) is 9.21. The van der Waals surface area contributed by atoms with Gasteiger partial charge in [0.15, 0.2) is 5.69 Å². The van der Waals surface area contributed by atoms with Crippen LogP contribution in [0.3, 0.4) is 0 Å². The molecule has 0 saturated carbocycles. The molecule has 0 bridgehead atoms. The molecule has 2 atom stereocenters. The van der Waals surface area contributed by atoms with Gasteiger partial charge >= 0.3 is 6.18 Å². The maximum atomic E-state index is 13.3. The normalized spacial score (nSPS) is 18.4. The Bertz CT molecular complexity index is 1680. The van der Waals surface area contributed by atoms with Gasteiger partial charge in [-0.1, -0.05) is 12.1 Å². The number of aromatic nitrogens is 3. The molecule has 1 aliphatic heterocycles. The van der Waals surface area contributed by atoms with E-state index in [1.807, 2.05) is 6.07 Å². The zero-order valence-corrected chi connectivity index (χ0v) is 21.8. The second-order valence-corrected chi connectivity index (χ2v) is 11.1. The van der Waals surface area contributed by atoms with E-state index in [-0.39, 0.29) is 35.9 Å². The Hall–Kier alpha value is -4.19. The SMILES string of the molecule is COc1cc(-c2ccc(S(=O)(=O)N3CC[C@@H](Nc4ccc(C(F)(F)F)cn4)[C@@H](O)C3)cc2)cc2c(C#N)n[nH]c12. The van der Waals surface area contributed by atoms with Crippen LogP contribution in [0.1, 0.15) is 17.7 Å². The lowest BCUT2D eigenvalue weighted by Crippen LogP contribution is -2.51. The van der Waals surface area contributed by atoms with Gasteiger partial charge in [-0.3, -0.25) is 5.10 Å². The summed E-state index contributed by atoms with van der Waals surface area (Å²) in [5.74, 6) is 0.631. The Labute approximate surface area is 227 Å². The molecule has 3 heterocycles. The van der Waals surface area contributed by atoms with E-state index in [1.54, 1.807) is 24.3 Å². The average molecular weight is 573 g/mol. The Morgan fingerprint density at radius 2 is 1.93 bits per heavy atom. The third-order valence-corrected chi connectivity index (χ3v) is 8.64. The van der Waals surface area contributed by atoms with Gasteiger partial charge < -0.3 is 15.2 Å². The summed E-state index contributed by atoms with van der Waals surface area (Å²) >= 11 is 0. The molecule has 0 unspecified atom stereocenters. The number of aliphatic hydroxyl groups excluding tert-OH is 1. The standard InChI is InChI=1S/C26H23F3N6O4S/c1-39-23-11-16(10-19-21(12-30)33-34-25(19)23)15-2-5-18(6-3-15)40(37,38)35-9-8-20(22(36)14-35)32-24-7-4-17(13-31-24)26(27,28)29/h2-7,10-11,13,20,22,36H,8-9,14H2,1H3,(H,31,32)(H,33,34)/t20-,22+/m1/s1. The van der Waals surface area contributed by atoms with Gasteiger partial charge in [-0.2, -0.15) is 27.8 Å². The second kappa shape index (κ2) is 10.4. The van der Waals surface area contributed by atoms with Crippen LogP contribution >= 0.6 is 0 Å². The monoisotopic (exact) mass is 572 g/mol. The third kappa shape index (κ3) is 5.18. The van der Waals surface area contributed by atoms with Gasteiger partial charge in [0.1, 0.15) is 23.2 Å². The fourth-order valence-corrected chi connectivity index (χ4v) is 6.07. The topological polar surface area (TPSA) is 144 Å². The van der Waals surface area contributed by atoms with Crippen molar-refractivity contribution in [2.75, 3.05) is 25.5 Å². The van der Waals surface area contributed by atoms with E-state index in [1.165, 1.54) is 29.6 Å². The summed E-state index contributed by atoms with van der Waals surface area (Å²) in [6.45, 7) is -0.113. The molecule has 14 heteroatoms. The number of nitrogens with one attached hydrogen (secondary N) is 2. The third-order valence-electron chi connectivity index (χ3n) is 6.76. The zero-order chi connectivity index (χ0) is 28.7. The van der Waals surface area contributed by atoms with Crippen molar-refractivity contribution < 1.29 is 31.4 Å². The van der Waals surface area contributed by atoms with E-state index < -0.39 is 33.9 Å². The molecule has 2 aromatic carbocycles. The lowest BCUT2D eigenvalue weighted by molar-refractivity contribution is -0.137. The highest BCUT2D eigenvalue weighted by molar-refractivity contribution is 7.89. The number of sulfonamides is 1. The van der Waals surface area contributed by atoms with Crippen LogP contribution < -0.4 is 10.1 Å². The molecule has 5 rings (SSSR count). The summed E-state index contributed by atoms with van der Waals surface area (Å²) in [6.07, 6.45) is -4.71. The Kier molecular flexibility index (Phi) is 7.13. The predicted molar refractivity (Wildman–Crippen MR) is 139 cm³/mol. The average Bonchev–Trinajstić information content (AvgIpc) is 3.36. The van der Waals surface area contributed by atoms with Gasteiger partial charge in [-0.15, -0.1) is 0 Å². The number of alkyl halides is 3. The minimum Gasteiger partial charge on any atom is -0.494 e. The highest BCUT2D eigenvalue weighted by Crippen LogP contribution is 2.34. The molecule has 1 fully saturated rings. The van der Waals surface area contributed by atoms with Gasteiger partial charge in [0, 0.05) is 24.7 Å². The van der Waals surface area contributed by atoms with Crippen molar-refractivity contribution in [3.8, 4) is 22.9 Å². The Morgan fingerprint density at radius 1 is 1.18 bits per heavy atom. The molecular formula is C26H23F3N6O4S. The number of β-amino-alcohol motifs (C(OH)–C–C–N with tert-alkyl or cyclic N) is 1. The first kappa shape index (κ1) is 27.4. The van der Waals surface area contributed by atoms with E-state index in [2.05, 4.69) is 20.5 Å². The summed E-state index contributed by atoms with van der Waals surface area (Å²) in [7, 11) is -2.44. The summed E-state index contributed by atoms with van der Waals surface area (Å²) in [4.78, 5) is 3.79. The summed E-state index contributed by atoms with van der Waals surface area (Å²) in [5.41, 5.74) is 1.28. The number of rotatable bonds is 6. The first-order chi connectivity index (χ1) is 19.0. The van der Waals surface area contributed by atoms with Crippen molar-refractivity contribution >= 4 is 26.7 Å². The lowest BCUT2D eigenvalue weighted by Gasteiger charge is -2.35. The van der Waals surface area contributed by atoms with Crippen molar-refractivity contribution in [2.45, 2.75) is 29.6 Å². The minimum absolute atomic E-state index is 0.0355. The van der Waals surface area contributed by atoms with Crippen molar-refractivity contribution in [1.82, 2.24) is 19.5 Å². The molecule has 0 aliphatic carbocycles. The van der Waals surface area contributed by atoms with Crippen molar-refractivity contribution in [1.29, 1.82) is 5.26 Å². The fraction of sp³-hybridized carbons (Fsp3) is 0.269. The number of hydrogen-bond donors (Lipinski definition) is 3. The van der Waals surface area contributed by atoms with Crippen LogP contribution in [0.5, 0.6) is 5.75 Å². The van der Waals surface area contributed by atoms with E-state index in [0.717, 1.165) is 6.07 Å². The number of H-pyrrole nitrogens is 1. The summed E-state index contributed by atoms with van der Waals surface area (Å²) in [6, 6.07) is 13.2. The molecule has 2 aromatic heterocycles. The molecule has 0 radical (unpaired) electrons. The highest BCUT2D eigenvalue weighted by atomic mass is 32.2. The number of aliphatic hydroxyl groups is 1. The number of nitrogens with zero attached hydrogens (tertiary/aromatic N) is 4. The number of ether oxygens (including phenoxy) is 1. The number of hydrogen-bond acceptors (Lipinski definition) is 8. The van der Waals surface area contributed by atoms with Crippen molar-refractivity contribution in [2.24, 2.45) is 0 Å². The Balaban J connectivity index is 1.30. The molecular weight excluding hydrogens is 549 g/mol. The molecule has 208 valence electrons. The van der Waals surface area contributed by atoms with Crippen LogP contribution in [0.2, 0.25) is 0 Å². The van der Waals surface area contributed by atoms with Gasteiger partial charge in [0.2, 0.25) is 10.0 Å². The zero-order valence-electron chi connectivity index (χ0n) is 21.0. The largest absolute Gasteiger partial charge is 0.494 e. The van der Waals surface area contributed by atoms with Crippen molar-refractivity contribution in [3.63, 3.8) is 0 Å². The Morgan fingerprint density at radius 3 is 2.52 bits per heavy atom. The first-order valence-corrected chi connectivity index (χ1v) is 13.5. The molecule has 0 amide bonds. The molecule has 0 spiro atoms. The first-order valence-electron chi connectivity index (χ1n) is 12.1. The van der Waals surface area contributed by atoms with Crippen molar-refractivity contribution in [3.05, 3.63) is 66.0 Å². The van der Waals surface area contributed by atoms with Gasteiger partial charge in [0.25, 0.3) is 0 Å². The number of methoxy groups -OCH3 is 1. The van der Waals surface area contributed by atoms with Crippen LogP contribution in [-0.2, 0) is 16.2 Å². The van der Waals surface area contributed by atoms with E-state index >= 15 is 0 Å². The molecule has 4 aromatic rings. The molecule has 1 aliphatic rings. The number of fused-ring (bicyclic) bond motifs is 1. The lowest BCUT2D eigenvalue weighted by atomic mass is 10.0. The van der Waals surface area contributed by atoms with E-state index in [4.69, 9.17) is 4.74 Å². The molecule has 1 saturated heterocycles. The van der Waals surface area contributed by atoms with Crippen LogP contribution in [0.15, 0.2) is 59.6 Å². The summed E-state index contributed by atoms with van der Waals surface area (Å²) in [5, 5.41) is 30.2. The molecule has 10 nitrogen and oxygen atoms in total. The number of halogens is 3. The number of pyridine rings is 1.